The summed E-state index contributed by atoms with van der Waals surface area (Å²) in [6.45, 7) is 0. The third kappa shape index (κ3) is 4.76. The number of halogens is 1. The lowest BCUT2D eigenvalue weighted by atomic mass is 9.96. The lowest BCUT2D eigenvalue weighted by Gasteiger charge is -2.21. The second kappa shape index (κ2) is 10.5. The average molecular weight is 529 g/mol. The van der Waals surface area contributed by atoms with Crippen molar-refractivity contribution in [1.29, 1.82) is 0 Å². The molecule has 0 aliphatic rings. The van der Waals surface area contributed by atoms with Gasteiger partial charge in [-0.15, -0.1) is 0 Å². The van der Waals surface area contributed by atoms with E-state index in [1.165, 1.54) is 14.2 Å². The Morgan fingerprint density at radius 1 is 0.974 bits per heavy atom. The first kappa shape index (κ1) is 25.2. The molecule has 7 nitrogen and oxygen atoms in total. The van der Waals surface area contributed by atoms with Crippen molar-refractivity contribution in [2.45, 2.75) is 12.5 Å². The van der Waals surface area contributed by atoms with Crippen LogP contribution in [0.25, 0.3) is 21.7 Å². The molecule has 0 saturated carbocycles. The lowest BCUT2D eigenvalue weighted by molar-refractivity contribution is 0.0965. The molecule has 0 bridgehead atoms. The van der Waals surface area contributed by atoms with Crippen LogP contribution in [0.5, 0.6) is 17.2 Å². The molecule has 0 aliphatic carbocycles. The summed E-state index contributed by atoms with van der Waals surface area (Å²) in [7, 11) is 2.89. The number of aromatic nitrogens is 1. The number of hydrogen-bond acceptors (Lipinski definition) is 6. The van der Waals surface area contributed by atoms with Crippen molar-refractivity contribution in [3.63, 3.8) is 0 Å². The molecular formula is C30H25ClN2O5. The van der Waals surface area contributed by atoms with Gasteiger partial charge in [0, 0.05) is 17.1 Å². The van der Waals surface area contributed by atoms with Crippen LogP contribution in [-0.4, -0.2) is 36.1 Å². The van der Waals surface area contributed by atoms with E-state index in [1.807, 2.05) is 54.6 Å². The maximum Gasteiger partial charge on any atom is 0.263 e. The van der Waals surface area contributed by atoms with Gasteiger partial charge in [-0.05, 0) is 52.7 Å². The predicted octanol–water partition coefficient (Wildman–Crippen LogP) is 5.96. The molecule has 1 unspecified atom stereocenters. The van der Waals surface area contributed by atoms with Crippen LogP contribution in [0.1, 0.15) is 15.9 Å². The van der Waals surface area contributed by atoms with Gasteiger partial charge in [-0.1, -0.05) is 54.1 Å². The number of ether oxygens (including phenoxy) is 2. The van der Waals surface area contributed by atoms with E-state index < -0.39 is 23.1 Å². The van der Waals surface area contributed by atoms with E-state index >= 15 is 0 Å². The maximum atomic E-state index is 14.0. The van der Waals surface area contributed by atoms with Gasteiger partial charge in [0.2, 0.25) is 0 Å². The van der Waals surface area contributed by atoms with E-state index in [0.29, 0.717) is 22.0 Å². The first-order chi connectivity index (χ1) is 18.4. The molecule has 8 heteroatoms. The molecule has 0 saturated heterocycles. The van der Waals surface area contributed by atoms with E-state index in [9.17, 15) is 14.7 Å². The molecule has 38 heavy (non-hydrogen) atoms. The van der Waals surface area contributed by atoms with Gasteiger partial charge in [0.25, 0.3) is 5.56 Å². The van der Waals surface area contributed by atoms with Crippen LogP contribution in [0.15, 0.2) is 83.7 Å². The highest BCUT2D eigenvalue weighted by Gasteiger charge is 2.29. The van der Waals surface area contributed by atoms with Crippen molar-refractivity contribution in [3.05, 3.63) is 105 Å². The number of anilines is 1. The number of carbonyl (C=O) groups is 1. The zero-order valence-corrected chi connectivity index (χ0v) is 21.5. The molecule has 0 amide bonds. The average Bonchev–Trinajstić information content (AvgIpc) is 2.93. The molecule has 192 valence electrons. The Bertz CT molecular complexity index is 1710. The van der Waals surface area contributed by atoms with Crippen molar-refractivity contribution in [1.82, 2.24) is 4.98 Å². The molecule has 5 rings (SSSR count). The molecule has 0 aliphatic heterocycles. The van der Waals surface area contributed by atoms with E-state index in [2.05, 4.69) is 10.3 Å². The van der Waals surface area contributed by atoms with Crippen molar-refractivity contribution in [3.8, 4) is 17.2 Å². The molecule has 0 spiro atoms. The number of benzene rings is 4. The fraction of sp³-hybridized carbons (Fsp3) is 0.133. The Labute approximate surface area is 223 Å². The summed E-state index contributed by atoms with van der Waals surface area (Å²) in [5, 5.41) is 17.4. The molecule has 0 radical (unpaired) electrons. The Balaban J connectivity index is 1.62. The number of aromatic hydroxyl groups is 1. The molecule has 5 aromatic rings. The second-order valence-corrected chi connectivity index (χ2v) is 9.29. The highest BCUT2D eigenvalue weighted by Crippen LogP contribution is 2.40. The highest BCUT2D eigenvalue weighted by molar-refractivity contribution is 6.30. The number of rotatable bonds is 8. The quantitative estimate of drug-likeness (QED) is 0.215. The highest BCUT2D eigenvalue weighted by atomic mass is 35.5. The molecule has 4 aromatic carbocycles. The fourth-order valence-electron chi connectivity index (χ4n) is 4.63. The minimum atomic E-state index is -0.876. The SMILES string of the molecule is COc1ccc2[nH]c(=O)c(C(=O)C(Cc3ccc(Cl)cc3)Nc3ccc4ccccc4c3)c(O)c2c1OC. The summed E-state index contributed by atoms with van der Waals surface area (Å²) >= 11 is 6.06. The van der Waals surface area contributed by atoms with Gasteiger partial charge in [-0.2, -0.15) is 0 Å². The maximum absolute atomic E-state index is 14.0. The Kier molecular flexibility index (Phi) is 6.94. The van der Waals surface area contributed by atoms with Crippen LogP contribution in [0.2, 0.25) is 5.02 Å². The minimum Gasteiger partial charge on any atom is -0.506 e. The van der Waals surface area contributed by atoms with Gasteiger partial charge in [-0.3, -0.25) is 9.59 Å². The van der Waals surface area contributed by atoms with Crippen molar-refractivity contribution in [2.75, 3.05) is 19.5 Å². The van der Waals surface area contributed by atoms with Gasteiger partial charge >= 0.3 is 0 Å². The summed E-state index contributed by atoms with van der Waals surface area (Å²) in [5.74, 6) is -0.471. The monoisotopic (exact) mass is 528 g/mol. The summed E-state index contributed by atoms with van der Waals surface area (Å²) in [4.78, 5) is 29.8. The number of H-pyrrole nitrogens is 1. The number of ketones is 1. The Morgan fingerprint density at radius 3 is 2.42 bits per heavy atom. The summed E-state index contributed by atoms with van der Waals surface area (Å²) in [6.07, 6.45) is 0.245. The molecular weight excluding hydrogens is 504 g/mol. The number of carbonyl (C=O) groups excluding carboxylic acids is 1. The van der Waals surface area contributed by atoms with E-state index in [-0.39, 0.29) is 23.1 Å². The predicted molar refractivity (Wildman–Crippen MR) is 150 cm³/mol. The van der Waals surface area contributed by atoms with E-state index in [0.717, 1.165) is 16.3 Å². The molecule has 1 aromatic heterocycles. The number of pyridine rings is 1. The summed E-state index contributed by atoms with van der Waals surface area (Å²) in [6, 6.07) is 23.1. The van der Waals surface area contributed by atoms with Crippen molar-refractivity contribution >= 4 is 44.7 Å². The first-order valence-electron chi connectivity index (χ1n) is 11.9. The Hall–Kier alpha value is -4.49. The number of methoxy groups -OCH3 is 2. The van der Waals surface area contributed by atoms with Crippen LogP contribution in [0.4, 0.5) is 5.69 Å². The summed E-state index contributed by atoms with van der Waals surface area (Å²) < 4.78 is 10.8. The number of aromatic amines is 1. The van der Waals surface area contributed by atoms with Crippen LogP contribution in [0, 0.1) is 0 Å². The summed E-state index contributed by atoms with van der Waals surface area (Å²) in [5.41, 5.74) is 0.785. The Morgan fingerprint density at radius 2 is 1.71 bits per heavy atom. The third-order valence-corrected chi connectivity index (χ3v) is 6.75. The van der Waals surface area contributed by atoms with Gasteiger partial charge in [-0.25, -0.2) is 0 Å². The largest absolute Gasteiger partial charge is 0.506 e. The molecule has 1 atom stereocenters. The topological polar surface area (TPSA) is 101 Å². The number of fused-ring (bicyclic) bond motifs is 2. The molecule has 1 heterocycles. The van der Waals surface area contributed by atoms with Crippen LogP contribution in [0.3, 0.4) is 0 Å². The van der Waals surface area contributed by atoms with Gasteiger partial charge in [0.1, 0.15) is 11.3 Å². The zero-order chi connectivity index (χ0) is 26.8. The van der Waals surface area contributed by atoms with Crippen LogP contribution >= 0.6 is 11.6 Å². The van der Waals surface area contributed by atoms with Crippen LogP contribution < -0.4 is 20.3 Å². The fourth-order valence-corrected chi connectivity index (χ4v) is 4.76. The number of Topliss-reactive ketones (excluding diaryl/α,β-unsaturated/α-hetero) is 1. The standard InChI is InChI=1S/C30H25ClN2O5/c1-37-24-14-13-22-25(29(24)38-2)28(35)26(30(36)33-22)27(34)23(15-17-7-10-20(31)11-8-17)32-21-12-9-18-5-3-4-6-19(18)16-21/h3-14,16,23,32H,15H2,1-2H3,(H2,33,35,36). The zero-order valence-electron chi connectivity index (χ0n) is 20.7. The number of hydrogen-bond donors (Lipinski definition) is 3. The van der Waals surface area contributed by atoms with E-state index in [1.54, 1.807) is 24.3 Å². The first-order valence-corrected chi connectivity index (χ1v) is 12.3. The van der Waals surface area contributed by atoms with Gasteiger partial charge in [0.15, 0.2) is 17.3 Å². The van der Waals surface area contributed by atoms with Crippen molar-refractivity contribution < 1.29 is 19.4 Å². The second-order valence-electron chi connectivity index (χ2n) is 8.86. The minimum absolute atomic E-state index is 0.186. The molecule has 3 N–H and O–H groups in total. The van der Waals surface area contributed by atoms with Crippen LogP contribution in [-0.2, 0) is 6.42 Å². The number of nitrogens with one attached hydrogen (secondary N) is 2. The van der Waals surface area contributed by atoms with Gasteiger partial charge in [0.05, 0.1) is 31.2 Å². The van der Waals surface area contributed by atoms with Crippen molar-refractivity contribution in [2.24, 2.45) is 0 Å². The van der Waals surface area contributed by atoms with Gasteiger partial charge < -0.3 is 24.9 Å². The molecule has 0 fully saturated rings. The smallest absolute Gasteiger partial charge is 0.263 e. The van der Waals surface area contributed by atoms with E-state index in [4.69, 9.17) is 21.1 Å². The lowest BCUT2D eigenvalue weighted by Crippen LogP contribution is -2.35. The third-order valence-electron chi connectivity index (χ3n) is 6.50. The normalized spacial score (nSPS) is 11.9.